The van der Waals surface area contributed by atoms with Gasteiger partial charge in [-0.05, 0) is 30.2 Å². The molecule has 0 saturated carbocycles. The Kier molecular flexibility index (Phi) is 5.80. The highest BCUT2D eigenvalue weighted by atomic mass is 16.5. The van der Waals surface area contributed by atoms with Crippen LogP contribution < -0.4 is 0 Å². The topological polar surface area (TPSA) is 22.1 Å². The molecule has 0 aliphatic carbocycles. The van der Waals surface area contributed by atoms with Crippen molar-refractivity contribution in [2.45, 2.75) is 26.4 Å². The van der Waals surface area contributed by atoms with Gasteiger partial charge in [-0.15, -0.1) is 0 Å². The van der Waals surface area contributed by atoms with Crippen molar-refractivity contribution in [3.8, 4) is 0 Å². The molecule has 1 heterocycles. The molecule has 1 rings (SSSR count). The van der Waals surface area contributed by atoms with E-state index in [-0.39, 0.29) is 0 Å². The Morgan fingerprint density at radius 1 is 1.41 bits per heavy atom. The number of aryl methyl sites for hydroxylation is 1. The second-order valence-electron chi connectivity index (χ2n) is 3.71. The molecule has 0 saturated heterocycles. The Morgan fingerprint density at radius 3 is 2.76 bits per heavy atom. The summed E-state index contributed by atoms with van der Waals surface area (Å²) in [5.74, 6) is 0.708. The fourth-order valence-electron chi connectivity index (χ4n) is 1.43. The minimum absolute atomic E-state index is 0.456. The van der Waals surface area contributed by atoms with Crippen molar-refractivity contribution in [2.75, 3.05) is 0 Å². The highest BCUT2D eigenvalue weighted by Crippen LogP contribution is 2.07. The molecule has 2 nitrogen and oxygen atoms in total. The van der Waals surface area contributed by atoms with E-state index in [0.717, 1.165) is 18.5 Å². The molecule has 2 heteroatoms. The zero-order valence-corrected chi connectivity index (χ0v) is 10.4. The molecule has 0 aliphatic rings. The highest BCUT2D eigenvalue weighted by Gasteiger charge is 1.97. The number of pyridine rings is 1. The van der Waals surface area contributed by atoms with Crippen LogP contribution in [0.3, 0.4) is 0 Å². The summed E-state index contributed by atoms with van der Waals surface area (Å²) >= 11 is 0. The molecule has 0 aromatic carbocycles. The SMILES string of the molecule is C=C/C=C(\C=C)OCc1ccc(CCC)cn1. The highest BCUT2D eigenvalue weighted by molar-refractivity contribution is 5.16. The predicted molar refractivity (Wildman–Crippen MR) is 71.5 cm³/mol. The van der Waals surface area contributed by atoms with Crippen molar-refractivity contribution in [1.29, 1.82) is 0 Å². The number of hydrogen-bond donors (Lipinski definition) is 0. The van der Waals surface area contributed by atoms with Crippen LogP contribution in [0.1, 0.15) is 24.6 Å². The molecule has 0 aliphatic heterocycles. The molecule has 0 fully saturated rings. The molecule has 90 valence electrons. The van der Waals surface area contributed by atoms with Crippen LogP contribution in [0.15, 0.2) is 55.5 Å². The van der Waals surface area contributed by atoms with Gasteiger partial charge in [-0.25, -0.2) is 0 Å². The van der Waals surface area contributed by atoms with Gasteiger partial charge in [0.05, 0.1) is 5.69 Å². The Labute approximate surface area is 103 Å². The van der Waals surface area contributed by atoms with Gasteiger partial charge in [-0.2, -0.15) is 0 Å². The van der Waals surface area contributed by atoms with Gasteiger partial charge in [0.25, 0.3) is 0 Å². The summed E-state index contributed by atoms with van der Waals surface area (Å²) in [7, 11) is 0. The van der Waals surface area contributed by atoms with E-state index in [1.807, 2.05) is 12.3 Å². The summed E-state index contributed by atoms with van der Waals surface area (Å²) in [5, 5.41) is 0. The summed E-state index contributed by atoms with van der Waals surface area (Å²) in [6.07, 6.45) is 9.23. The second-order valence-corrected chi connectivity index (χ2v) is 3.71. The minimum Gasteiger partial charge on any atom is -0.487 e. The van der Waals surface area contributed by atoms with Crippen molar-refractivity contribution in [3.63, 3.8) is 0 Å². The van der Waals surface area contributed by atoms with Gasteiger partial charge in [0.15, 0.2) is 0 Å². The van der Waals surface area contributed by atoms with E-state index in [1.165, 1.54) is 5.56 Å². The standard InChI is InChI=1S/C15H19NO/c1-4-7-13-9-10-14(16-11-13)12-17-15(6-3)8-5-2/h5-6,8-11H,2-4,7,12H2,1H3/b15-8+. The molecule has 0 amide bonds. The molecule has 0 radical (unpaired) electrons. The van der Waals surface area contributed by atoms with Crippen molar-refractivity contribution < 1.29 is 4.74 Å². The minimum atomic E-state index is 0.456. The first-order valence-electron chi connectivity index (χ1n) is 5.82. The van der Waals surface area contributed by atoms with Crippen LogP contribution in [0, 0.1) is 0 Å². The van der Waals surface area contributed by atoms with Crippen LogP contribution in [-0.4, -0.2) is 4.98 Å². The van der Waals surface area contributed by atoms with Crippen molar-refractivity contribution in [3.05, 3.63) is 66.7 Å². The monoisotopic (exact) mass is 229 g/mol. The van der Waals surface area contributed by atoms with E-state index in [0.29, 0.717) is 12.4 Å². The number of nitrogens with zero attached hydrogens (tertiary/aromatic N) is 1. The maximum atomic E-state index is 5.53. The van der Waals surface area contributed by atoms with Crippen molar-refractivity contribution in [1.82, 2.24) is 4.98 Å². The van der Waals surface area contributed by atoms with Gasteiger partial charge in [-0.1, -0.05) is 38.6 Å². The Balaban J connectivity index is 2.54. The van der Waals surface area contributed by atoms with E-state index in [9.17, 15) is 0 Å². The smallest absolute Gasteiger partial charge is 0.130 e. The fraction of sp³-hybridized carbons (Fsp3) is 0.267. The Morgan fingerprint density at radius 2 is 2.24 bits per heavy atom. The molecule has 0 bridgehead atoms. The molecular formula is C15H19NO. The number of ether oxygens (including phenoxy) is 1. The molecular weight excluding hydrogens is 210 g/mol. The molecule has 1 aromatic heterocycles. The van der Waals surface area contributed by atoms with E-state index >= 15 is 0 Å². The maximum Gasteiger partial charge on any atom is 0.130 e. The summed E-state index contributed by atoms with van der Waals surface area (Å²) in [5.41, 5.74) is 2.18. The van der Waals surface area contributed by atoms with E-state index in [1.54, 1.807) is 18.2 Å². The van der Waals surface area contributed by atoms with Gasteiger partial charge in [0, 0.05) is 6.20 Å². The Bertz CT molecular complexity index is 390. The molecule has 1 aromatic rings. The number of aromatic nitrogens is 1. The third-order valence-electron chi connectivity index (χ3n) is 2.29. The van der Waals surface area contributed by atoms with Crippen LogP contribution >= 0.6 is 0 Å². The van der Waals surface area contributed by atoms with Crippen molar-refractivity contribution in [2.24, 2.45) is 0 Å². The van der Waals surface area contributed by atoms with Crippen LogP contribution in [0.4, 0.5) is 0 Å². The number of hydrogen-bond acceptors (Lipinski definition) is 2. The van der Waals surface area contributed by atoms with Gasteiger partial charge in [0.2, 0.25) is 0 Å². The zero-order chi connectivity index (χ0) is 12.5. The quantitative estimate of drug-likeness (QED) is 0.524. The Hall–Kier alpha value is -1.83. The normalized spacial score (nSPS) is 11.0. The first-order valence-corrected chi connectivity index (χ1v) is 5.82. The molecule has 0 unspecified atom stereocenters. The van der Waals surface area contributed by atoms with Gasteiger partial charge in [-0.3, -0.25) is 4.98 Å². The van der Waals surface area contributed by atoms with Gasteiger partial charge < -0.3 is 4.74 Å². The lowest BCUT2D eigenvalue weighted by molar-refractivity contribution is 0.207. The van der Waals surface area contributed by atoms with Crippen LogP contribution in [-0.2, 0) is 17.8 Å². The van der Waals surface area contributed by atoms with Crippen LogP contribution in [0.25, 0.3) is 0 Å². The maximum absolute atomic E-state index is 5.53. The van der Waals surface area contributed by atoms with E-state index < -0.39 is 0 Å². The summed E-state index contributed by atoms with van der Waals surface area (Å²) in [6, 6.07) is 4.10. The fourth-order valence-corrected chi connectivity index (χ4v) is 1.43. The van der Waals surface area contributed by atoms with E-state index in [4.69, 9.17) is 4.74 Å². The average molecular weight is 229 g/mol. The van der Waals surface area contributed by atoms with Crippen LogP contribution in [0.5, 0.6) is 0 Å². The summed E-state index contributed by atoms with van der Waals surface area (Å²) in [6.45, 7) is 9.90. The molecule has 0 atom stereocenters. The summed E-state index contributed by atoms with van der Waals surface area (Å²) < 4.78 is 5.53. The van der Waals surface area contributed by atoms with Crippen molar-refractivity contribution >= 4 is 0 Å². The third kappa shape index (κ3) is 4.68. The predicted octanol–water partition coefficient (Wildman–Crippen LogP) is 3.81. The molecule has 17 heavy (non-hydrogen) atoms. The lowest BCUT2D eigenvalue weighted by Crippen LogP contribution is -1.96. The molecule has 0 spiro atoms. The summed E-state index contributed by atoms with van der Waals surface area (Å²) in [4.78, 5) is 4.35. The lowest BCUT2D eigenvalue weighted by atomic mass is 10.1. The average Bonchev–Trinajstić information content (AvgIpc) is 2.36. The number of rotatable bonds is 7. The first kappa shape index (κ1) is 13.2. The second kappa shape index (κ2) is 7.44. The first-order chi connectivity index (χ1) is 8.30. The largest absolute Gasteiger partial charge is 0.487 e. The van der Waals surface area contributed by atoms with Crippen LogP contribution in [0.2, 0.25) is 0 Å². The number of allylic oxidation sites excluding steroid dienone is 3. The van der Waals surface area contributed by atoms with Gasteiger partial charge >= 0.3 is 0 Å². The van der Waals surface area contributed by atoms with E-state index in [2.05, 4.69) is 31.1 Å². The lowest BCUT2D eigenvalue weighted by Gasteiger charge is -2.06. The zero-order valence-electron chi connectivity index (χ0n) is 10.4. The third-order valence-corrected chi connectivity index (χ3v) is 2.29. The molecule has 0 N–H and O–H groups in total. The van der Waals surface area contributed by atoms with Gasteiger partial charge in [0.1, 0.15) is 12.4 Å².